The first-order valence-electron chi connectivity index (χ1n) is 8.01. The van der Waals surface area contributed by atoms with Crippen molar-refractivity contribution in [2.24, 2.45) is 0 Å². The smallest absolute Gasteiger partial charge is 0.315 e. The van der Waals surface area contributed by atoms with E-state index in [1.807, 2.05) is 24.3 Å². The molecule has 132 valence electrons. The fourth-order valence-corrected chi connectivity index (χ4v) is 2.73. The molecule has 1 aromatic carbocycles. The molecule has 0 bridgehead atoms. The van der Waals surface area contributed by atoms with Gasteiger partial charge in [-0.1, -0.05) is 12.1 Å². The summed E-state index contributed by atoms with van der Waals surface area (Å²) >= 11 is 0. The number of benzene rings is 1. The predicted molar refractivity (Wildman–Crippen MR) is 92.1 cm³/mol. The zero-order valence-corrected chi connectivity index (χ0v) is 14.2. The van der Waals surface area contributed by atoms with E-state index in [1.54, 1.807) is 26.5 Å². The Bertz CT molecular complexity index is 751. The van der Waals surface area contributed by atoms with Crippen molar-refractivity contribution < 1.29 is 19.0 Å². The molecule has 0 spiro atoms. The van der Waals surface area contributed by atoms with E-state index in [0.29, 0.717) is 25.5 Å². The van der Waals surface area contributed by atoms with Crippen molar-refractivity contribution in [1.82, 2.24) is 15.6 Å². The molecule has 7 heteroatoms. The van der Waals surface area contributed by atoms with Crippen LogP contribution < -0.4 is 24.8 Å². The van der Waals surface area contributed by atoms with Crippen LogP contribution in [0, 0.1) is 0 Å². The largest absolute Gasteiger partial charge is 0.497 e. The van der Waals surface area contributed by atoms with Gasteiger partial charge in [-0.2, -0.15) is 0 Å². The molecule has 7 nitrogen and oxygen atoms in total. The number of pyridine rings is 1. The summed E-state index contributed by atoms with van der Waals surface area (Å²) in [6, 6.07) is 9.03. The maximum absolute atomic E-state index is 12.1. The van der Waals surface area contributed by atoms with E-state index in [-0.39, 0.29) is 12.1 Å². The number of methoxy groups -OCH3 is 2. The van der Waals surface area contributed by atoms with Gasteiger partial charge in [-0.25, -0.2) is 9.78 Å². The zero-order valence-electron chi connectivity index (χ0n) is 14.2. The number of hydrogen-bond acceptors (Lipinski definition) is 5. The van der Waals surface area contributed by atoms with Crippen LogP contribution in [0.3, 0.4) is 0 Å². The Morgan fingerprint density at radius 2 is 2.20 bits per heavy atom. The van der Waals surface area contributed by atoms with Crippen LogP contribution in [0.5, 0.6) is 17.4 Å². The Balaban J connectivity index is 1.53. The number of rotatable bonds is 5. The highest BCUT2D eigenvalue weighted by Crippen LogP contribution is 2.29. The Labute approximate surface area is 146 Å². The standard InChI is InChI=1S/C18H21N3O4/c1-23-15-6-5-12-8-14(11-25-16(12)9-15)21-18(22)20-10-13-4-3-7-19-17(13)24-2/h3-7,9,14H,8,10-11H2,1-2H3,(H2,20,21,22). The molecule has 1 atom stereocenters. The van der Waals surface area contributed by atoms with Gasteiger partial charge in [0.05, 0.1) is 20.3 Å². The Morgan fingerprint density at radius 3 is 3.00 bits per heavy atom. The molecule has 0 aliphatic carbocycles. The molecule has 0 radical (unpaired) electrons. The average Bonchev–Trinajstić information content (AvgIpc) is 2.66. The number of carbonyl (C=O) groups is 1. The SMILES string of the molecule is COc1ccc2c(c1)OCC(NC(=O)NCc1cccnc1OC)C2. The molecule has 2 N–H and O–H groups in total. The van der Waals surface area contributed by atoms with Gasteiger partial charge in [0.25, 0.3) is 0 Å². The van der Waals surface area contributed by atoms with Crippen molar-refractivity contribution >= 4 is 6.03 Å². The minimum atomic E-state index is -0.253. The van der Waals surface area contributed by atoms with E-state index in [4.69, 9.17) is 14.2 Å². The molecule has 0 saturated carbocycles. The molecule has 2 heterocycles. The molecule has 2 amide bonds. The average molecular weight is 343 g/mol. The lowest BCUT2D eigenvalue weighted by molar-refractivity contribution is 0.213. The van der Waals surface area contributed by atoms with Gasteiger partial charge >= 0.3 is 6.03 Å². The number of urea groups is 1. The summed E-state index contributed by atoms with van der Waals surface area (Å²) in [6.45, 7) is 0.758. The molecule has 1 aromatic heterocycles. The highest BCUT2D eigenvalue weighted by Gasteiger charge is 2.22. The summed E-state index contributed by atoms with van der Waals surface area (Å²) in [4.78, 5) is 16.2. The molecule has 25 heavy (non-hydrogen) atoms. The second-order valence-corrected chi connectivity index (χ2v) is 5.68. The van der Waals surface area contributed by atoms with E-state index in [1.165, 1.54) is 0 Å². The van der Waals surface area contributed by atoms with Gasteiger partial charge in [0.1, 0.15) is 18.1 Å². The van der Waals surface area contributed by atoms with Crippen molar-refractivity contribution in [2.75, 3.05) is 20.8 Å². The van der Waals surface area contributed by atoms with Gasteiger partial charge in [-0.05, 0) is 24.1 Å². The van der Waals surface area contributed by atoms with Crippen LogP contribution in [0.4, 0.5) is 4.79 Å². The summed E-state index contributed by atoms with van der Waals surface area (Å²) in [5, 5.41) is 5.75. The van der Waals surface area contributed by atoms with Crippen molar-refractivity contribution in [2.45, 2.75) is 19.0 Å². The first-order chi connectivity index (χ1) is 12.2. The third-order valence-corrected chi connectivity index (χ3v) is 4.00. The monoisotopic (exact) mass is 343 g/mol. The lowest BCUT2D eigenvalue weighted by Gasteiger charge is -2.26. The van der Waals surface area contributed by atoms with E-state index in [0.717, 1.165) is 22.6 Å². The quantitative estimate of drug-likeness (QED) is 0.867. The Kier molecular flexibility index (Phi) is 5.23. The highest BCUT2D eigenvalue weighted by atomic mass is 16.5. The molecular weight excluding hydrogens is 322 g/mol. The fourth-order valence-electron chi connectivity index (χ4n) is 2.73. The zero-order chi connectivity index (χ0) is 17.6. The first-order valence-corrected chi connectivity index (χ1v) is 8.01. The van der Waals surface area contributed by atoms with Crippen LogP contribution in [-0.4, -0.2) is 37.9 Å². The summed E-state index contributed by atoms with van der Waals surface area (Å²) in [6.07, 6.45) is 2.36. The fraction of sp³-hybridized carbons (Fsp3) is 0.333. The van der Waals surface area contributed by atoms with Gasteiger partial charge in [-0.3, -0.25) is 0 Å². The van der Waals surface area contributed by atoms with Gasteiger partial charge in [0.2, 0.25) is 5.88 Å². The number of nitrogens with one attached hydrogen (secondary N) is 2. The number of fused-ring (bicyclic) bond motifs is 1. The van der Waals surface area contributed by atoms with Crippen LogP contribution in [0.15, 0.2) is 36.5 Å². The lowest BCUT2D eigenvalue weighted by atomic mass is 10.0. The predicted octanol–water partition coefficient (Wildman–Crippen LogP) is 1.90. The molecular formula is C18H21N3O4. The molecule has 1 aliphatic rings. The van der Waals surface area contributed by atoms with Crippen molar-refractivity contribution in [3.63, 3.8) is 0 Å². The minimum Gasteiger partial charge on any atom is -0.497 e. The summed E-state index contributed by atoms with van der Waals surface area (Å²) < 4.78 is 16.1. The summed E-state index contributed by atoms with van der Waals surface area (Å²) in [5.74, 6) is 2.07. The van der Waals surface area contributed by atoms with E-state index >= 15 is 0 Å². The maximum Gasteiger partial charge on any atom is 0.315 e. The normalized spacial score (nSPS) is 15.5. The molecule has 3 rings (SSSR count). The van der Waals surface area contributed by atoms with Crippen LogP contribution in [-0.2, 0) is 13.0 Å². The number of carbonyl (C=O) groups excluding carboxylic acids is 1. The highest BCUT2D eigenvalue weighted by molar-refractivity contribution is 5.74. The second kappa shape index (κ2) is 7.74. The third-order valence-electron chi connectivity index (χ3n) is 4.00. The topological polar surface area (TPSA) is 81.7 Å². The number of nitrogens with zero attached hydrogens (tertiary/aromatic N) is 1. The Morgan fingerprint density at radius 1 is 1.32 bits per heavy atom. The molecule has 1 aliphatic heterocycles. The molecule has 1 unspecified atom stereocenters. The number of ether oxygens (including phenoxy) is 3. The molecule has 0 saturated heterocycles. The van der Waals surface area contributed by atoms with Crippen LogP contribution in [0.2, 0.25) is 0 Å². The summed E-state index contributed by atoms with van der Waals surface area (Å²) in [7, 11) is 3.17. The van der Waals surface area contributed by atoms with E-state index < -0.39 is 0 Å². The van der Waals surface area contributed by atoms with Gasteiger partial charge in [0.15, 0.2) is 0 Å². The van der Waals surface area contributed by atoms with Gasteiger partial charge in [0, 0.05) is 24.4 Å². The number of aromatic nitrogens is 1. The maximum atomic E-state index is 12.1. The summed E-state index contributed by atoms with van der Waals surface area (Å²) in [5.41, 5.74) is 1.86. The third kappa shape index (κ3) is 4.12. The molecule has 0 fully saturated rings. The lowest BCUT2D eigenvalue weighted by Crippen LogP contribution is -2.47. The van der Waals surface area contributed by atoms with Crippen LogP contribution in [0.25, 0.3) is 0 Å². The minimum absolute atomic E-state index is 0.0864. The molecule has 2 aromatic rings. The Hall–Kier alpha value is -2.96. The van der Waals surface area contributed by atoms with E-state index in [9.17, 15) is 4.79 Å². The second-order valence-electron chi connectivity index (χ2n) is 5.68. The van der Waals surface area contributed by atoms with Crippen molar-refractivity contribution in [1.29, 1.82) is 0 Å². The van der Waals surface area contributed by atoms with Crippen LogP contribution in [0.1, 0.15) is 11.1 Å². The van der Waals surface area contributed by atoms with E-state index in [2.05, 4.69) is 15.6 Å². The first kappa shape index (κ1) is 16.9. The number of amides is 2. The van der Waals surface area contributed by atoms with Crippen molar-refractivity contribution in [3.05, 3.63) is 47.7 Å². The van der Waals surface area contributed by atoms with Crippen LogP contribution >= 0.6 is 0 Å². The van der Waals surface area contributed by atoms with Crippen molar-refractivity contribution in [3.8, 4) is 17.4 Å². The number of hydrogen-bond donors (Lipinski definition) is 2. The van der Waals surface area contributed by atoms with Gasteiger partial charge < -0.3 is 24.8 Å². The van der Waals surface area contributed by atoms with Gasteiger partial charge in [-0.15, -0.1) is 0 Å².